The van der Waals surface area contributed by atoms with Crippen LogP contribution in [0.15, 0.2) is 78.9 Å². The molecule has 0 bridgehead atoms. The summed E-state index contributed by atoms with van der Waals surface area (Å²) in [6, 6.07) is 24.3. The van der Waals surface area contributed by atoms with E-state index in [9.17, 15) is 9.59 Å². The summed E-state index contributed by atoms with van der Waals surface area (Å²) in [5.41, 5.74) is 3.67. The van der Waals surface area contributed by atoms with Crippen LogP contribution in [0.5, 0.6) is 0 Å². The highest BCUT2D eigenvalue weighted by molar-refractivity contribution is 6.08. The average molecular weight is 358 g/mol. The van der Waals surface area contributed by atoms with E-state index in [1.807, 2.05) is 68.4 Å². The molecule has 0 aromatic heterocycles. The lowest BCUT2D eigenvalue weighted by Crippen LogP contribution is -2.30. The van der Waals surface area contributed by atoms with Crippen molar-refractivity contribution in [2.24, 2.45) is 0 Å². The van der Waals surface area contributed by atoms with E-state index in [1.54, 1.807) is 24.3 Å². The Morgan fingerprint density at radius 2 is 1.37 bits per heavy atom. The number of nitrogens with one attached hydrogen (secondary N) is 2. The van der Waals surface area contributed by atoms with Crippen molar-refractivity contribution in [2.45, 2.75) is 19.9 Å². The van der Waals surface area contributed by atoms with Crippen molar-refractivity contribution in [1.29, 1.82) is 0 Å². The van der Waals surface area contributed by atoms with Gasteiger partial charge in [0.1, 0.15) is 0 Å². The van der Waals surface area contributed by atoms with Crippen LogP contribution in [0.25, 0.3) is 11.1 Å². The van der Waals surface area contributed by atoms with Gasteiger partial charge in [0.25, 0.3) is 11.8 Å². The molecular formula is C23H22N2O2. The van der Waals surface area contributed by atoms with Crippen LogP contribution in [-0.4, -0.2) is 17.9 Å². The molecule has 2 N–H and O–H groups in total. The molecule has 4 nitrogen and oxygen atoms in total. The van der Waals surface area contributed by atoms with E-state index in [0.29, 0.717) is 16.8 Å². The third-order valence-corrected chi connectivity index (χ3v) is 4.08. The summed E-state index contributed by atoms with van der Waals surface area (Å²) in [5.74, 6) is -0.314. The SMILES string of the molecule is CC(C)NC(=O)c1ccc(NC(=O)c2ccccc2-c2ccccc2)cc1. The quantitative estimate of drug-likeness (QED) is 0.692. The first-order valence-electron chi connectivity index (χ1n) is 8.91. The Balaban J connectivity index is 1.78. The molecule has 0 radical (unpaired) electrons. The second kappa shape index (κ2) is 8.32. The maximum absolute atomic E-state index is 12.8. The topological polar surface area (TPSA) is 58.2 Å². The second-order valence-corrected chi connectivity index (χ2v) is 6.57. The largest absolute Gasteiger partial charge is 0.350 e. The molecule has 0 fully saturated rings. The minimum absolute atomic E-state index is 0.0753. The summed E-state index contributed by atoms with van der Waals surface area (Å²) in [6.45, 7) is 3.83. The zero-order valence-electron chi connectivity index (χ0n) is 15.4. The molecule has 0 atom stereocenters. The molecule has 0 aliphatic rings. The van der Waals surface area contributed by atoms with Crippen molar-refractivity contribution in [1.82, 2.24) is 5.32 Å². The number of carbonyl (C=O) groups is 2. The number of hydrogen-bond donors (Lipinski definition) is 2. The van der Waals surface area contributed by atoms with Crippen LogP contribution >= 0.6 is 0 Å². The Kier molecular flexibility index (Phi) is 5.67. The van der Waals surface area contributed by atoms with Crippen LogP contribution in [0.4, 0.5) is 5.69 Å². The number of carbonyl (C=O) groups excluding carboxylic acids is 2. The molecule has 2 amide bonds. The van der Waals surface area contributed by atoms with Crippen molar-refractivity contribution in [2.75, 3.05) is 5.32 Å². The van der Waals surface area contributed by atoms with Crippen molar-refractivity contribution >= 4 is 17.5 Å². The first-order valence-corrected chi connectivity index (χ1v) is 8.91. The summed E-state index contributed by atoms with van der Waals surface area (Å²) >= 11 is 0. The molecule has 3 aromatic carbocycles. The Bertz CT molecular complexity index is 932. The van der Waals surface area contributed by atoms with Gasteiger partial charge in [-0.25, -0.2) is 0 Å². The molecule has 136 valence electrons. The molecule has 3 rings (SSSR count). The Morgan fingerprint density at radius 3 is 2.04 bits per heavy atom. The predicted molar refractivity (Wildman–Crippen MR) is 109 cm³/mol. The van der Waals surface area contributed by atoms with E-state index >= 15 is 0 Å². The van der Waals surface area contributed by atoms with E-state index in [-0.39, 0.29) is 17.9 Å². The fourth-order valence-corrected chi connectivity index (χ4v) is 2.80. The number of anilines is 1. The van der Waals surface area contributed by atoms with Gasteiger partial charge >= 0.3 is 0 Å². The first kappa shape index (κ1) is 18.4. The molecule has 0 heterocycles. The summed E-state index contributed by atoms with van der Waals surface area (Å²) in [5, 5.41) is 5.75. The summed E-state index contributed by atoms with van der Waals surface area (Å²) < 4.78 is 0. The number of hydrogen-bond acceptors (Lipinski definition) is 2. The molecule has 3 aromatic rings. The Labute approximate surface area is 159 Å². The van der Waals surface area contributed by atoms with Gasteiger partial charge in [-0.2, -0.15) is 0 Å². The summed E-state index contributed by atoms with van der Waals surface area (Å²) in [6.07, 6.45) is 0. The van der Waals surface area contributed by atoms with Gasteiger partial charge in [-0.1, -0.05) is 48.5 Å². The number of rotatable bonds is 5. The van der Waals surface area contributed by atoms with Crippen LogP contribution in [0.2, 0.25) is 0 Å². The van der Waals surface area contributed by atoms with E-state index in [2.05, 4.69) is 10.6 Å². The standard InChI is InChI=1S/C23H22N2O2/c1-16(2)24-22(26)18-12-14-19(15-13-18)25-23(27)21-11-7-6-10-20(21)17-8-4-3-5-9-17/h3-16H,1-2H3,(H,24,26)(H,25,27). The molecule has 0 unspecified atom stereocenters. The van der Waals surface area contributed by atoms with Crippen LogP contribution in [-0.2, 0) is 0 Å². The maximum atomic E-state index is 12.8. The van der Waals surface area contributed by atoms with Crippen LogP contribution in [0.3, 0.4) is 0 Å². The van der Waals surface area contributed by atoms with Gasteiger partial charge in [0, 0.05) is 22.9 Å². The first-order chi connectivity index (χ1) is 13.0. The predicted octanol–water partition coefficient (Wildman–Crippen LogP) is 4.74. The third-order valence-electron chi connectivity index (χ3n) is 4.08. The highest BCUT2D eigenvalue weighted by Gasteiger charge is 2.13. The molecule has 0 aliphatic carbocycles. The molecule has 0 spiro atoms. The van der Waals surface area contributed by atoms with Crippen molar-refractivity contribution in [3.8, 4) is 11.1 Å². The zero-order chi connectivity index (χ0) is 19.2. The lowest BCUT2D eigenvalue weighted by atomic mass is 9.99. The number of benzene rings is 3. The van der Waals surface area contributed by atoms with Crippen LogP contribution in [0.1, 0.15) is 34.6 Å². The molecule has 27 heavy (non-hydrogen) atoms. The van der Waals surface area contributed by atoms with E-state index < -0.39 is 0 Å². The lowest BCUT2D eigenvalue weighted by molar-refractivity contribution is 0.0942. The Morgan fingerprint density at radius 1 is 0.741 bits per heavy atom. The zero-order valence-corrected chi connectivity index (χ0v) is 15.4. The molecular weight excluding hydrogens is 336 g/mol. The lowest BCUT2D eigenvalue weighted by Gasteiger charge is -2.11. The van der Waals surface area contributed by atoms with Crippen molar-refractivity contribution in [3.05, 3.63) is 90.0 Å². The fourth-order valence-electron chi connectivity index (χ4n) is 2.80. The van der Waals surface area contributed by atoms with Gasteiger partial charge in [-0.05, 0) is 55.3 Å². The maximum Gasteiger partial charge on any atom is 0.256 e. The summed E-state index contributed by atoms with van der Waals surface area (Å²) in [7, 11) is 0. The van der Waals surface area contributed by atoms with Crippen molar-refractivity contribution < 1.29 is 9.59 Å². The van der Waals surface area contributed by atoms with Gasteiger partial charge < -0.3 is 10.6 Å². The van der Waals surface area contributed by atoms with E-state index in [1.165, 1.54) is 0 Å². The van der Waals surface area contributed by atoms with E-state index in [4.69, 9.17) is 0 Å². The summed E-state index contributed by atoms with van der Waals surface area (Å²) in [4.78, 5) is 24.8. The molecule has 0 saturated carbocycles. The Hall–Kier alpha value is -3.40. The third kappa shape index (κ3) is 4.61. The minimum atomic E-state index is -0.186. The van der Waals surface area contributed by atoms with Gasteiger partial charge in [0.2, 0.25) is 0 Å². The average Bonchev–Trinajstić information content (AvgIpc) is 2.68. The van der Waals surface area contributed by atoms with Gasteiger partial charge in [0.05, 0.1) is 0 Å². The van der Waals surface area contributed by atoms with E-state index in [0.717, 1.165) is 11.1 Å². The highest BCUT2D eigenvalue weighted by Crippen LogP contribution is 2.24. The van der Waals surface area contributed by atoms with Gasteiger partial charge in [-0.15, -0.1) is 0 Å². The van der Waals surface area contributed by atoms with Gasteiger partial charge in [0.15, 0.2) is 0 Å². The monoisotopic (exact) mass is 358 g/mol. The van der Waals surface area contributed by atoms with Crippen molar-refractivity contribution in [3.63, 3.8) is 0 Å². The second-order valence-electron chi connectivity index (χ2n) is 6.57. The molecule has 0 saturated heterocycles. The normalized spacial score (nSPS) is 10.5. The van der Waals surface area contributed by atoms with Crippen LogP contribution in [0, 0.1) is 0 Å². The number of amides is 2. The minimum Gasteiger partial charge on any atom is -0.350 e. The molecule has 0 aliphatic heterocycles. The van der Waals surface area contributed by atoms with Crippen LogP contribution < -0.4 is 10.6 Å². The molecule has 4 heteroatoms. The van der Waals surface area contributed by atoms with Gasteiger partial charge in [-0.3, -0.25) is 9.59 Å². The fraction of sp³-hybridized carbons (Fsp3) is 0.130. The smallest absolute Gasteiger partial charge is 0.256 e. The highest BCUT2D eigenvalue weighted by atomic mass is 16.2.